The van der Waals surface area contributed by atoms with Crippen molar-refractivity contribution >= 4 is 11.6 Å². The van der Waals surface area contributed by atoms with Crippen molar-refractivity contribution in [1.82, 2.24) is 19.9 Å². The van der Waals surface area contributed by atoms with E-state index in [2.05, 4.69) is 26.9 Å². The Bertz CT molecular complexity index is 682. The van der Waals surface area contributed by atoms with E-state index in [-0.39, 0.29) is 11.4 Å². The lowest BCUT2D eigenvalue weighted by molar-refractivity contribution is -0.385. The molecule has 0 unspecified atom stereocenters. The van der Waals surface area contributed by atoms with Crippen molar-refractivity contribution in [3.63, 3.8) is 0 Å². The Morgan fingerprint density at radius 1 is 1.36 bits per heavy atom. The second-order valence-corrected chi connectivity index (χ2v) is 5.22. The van der Waals surface area contributed by atoms with Crippen molar-refractivity contribution in [1.29, 1.82) is 0 Å². The molecule has 118 valence electrons. The zero-order valence-electron chi connectivity index (χ0n) is 13.3. The number of anilines is 1. The summed E-state index contributed by atoms with van der Waals surface area (Å²) in [7, 11) is 1.89. The van der Waals surface area contributed by atoms with Crippen molar-refractivity contribution in [2.75, 3.05) is 18.5 Å². The Morgan fingerprint density at radius 2 is 2.09 bits per heavy atom. The lowest BCUT2D eigenvalue weighted by Crippen LogP contribution is -2.22. The van der Waals surface area contributed by atoms with Crippen molar-refractivity contribution in [2.24, 2.45) is 0 Å². The molecule has 1 N–H and O–H groups in total. The molecule has 2 rings (SSSR count). The van der Waals surface area contributed by atoms with Gasteiger partial charge in [0.2, 0.25) is 5.95 Å². The van der Waals surface area contributed by atoms with Gasteiger partial charge in [-0.1, -0.05) is 13.3 Å². The first-order chi connectivity index (χ1) is 10.4. The normalized spacial score (nSPS) is 10.7. The minimum absolute atomic E-state index is 0.0868. The summed E-state index contributed by atoms with van der Waals surface area (Å²) in [5, 5.41) is 11.4. The van der Waals surface area contributed by atoms with Gasteiger partial charge >= 0.3 is 5.69 Å². The van der Waals surface area contributed by atoms with Crippen LogP contribution in [-0.4, -0.2) is 38.5 Å². The van der Waals surface area contributed by atoms with Gasteiger partial charge in [-0.25, -0.2) is 15.0 Å². The summed E-state index contributed by atoms with van der Waals surface area (Å²) in [5.41, 5.74) is 1.06. The molecule has 2 aromatic heterocycles. The van der Waals surface area contributed by atoms with Gasteiger partial charge in [0.1, 0.15) is 11.5 Å². The molecular formula is C14H20N6O2. The van der Waals surface area contributed by atoms with E-state index in [0.29, 0.717) is 23.2 Å². The first-order valence-corrected chi connectivity index (χ1v) is 7.20. The van der Waals surface area contributed by atoms with Crippen LogP contribution in [0, 0.1) is 24.0 Å². The Morgan fingerprint density at radius 3 is 2.64 bits per heavy atom. The topological polar surface area (TPSA) is 101 Å². The molecule has 2 heterocycles. The first kappa shape index (κ1) is 15.9. The SMILES string of the molecule is CCCCN(C)c1nc(C)c([N+](=O)[O-])c(-c2cnc(C)[nH]2)n1. The molecule has 0 fully saturated rings. The number of aromatic amines is 1. The van der Waals surface area contributed by atoms with E-state index in [0.717, 1.165) is 19.4 Å². The van der Waals surface area contributed by atoms with Crippen molar-refractivity contribution in [3.05, 3.63) is 27.8 Å². The Balaban J connectivity index is 2.52. The third kappa shape index (κ3) is 3.21. The van der Waals surface area contributed by atoms with Gasteiger partial charge in [0, 0.05) is 13.6 Å². The highest BCUT2D eigenvalue weighted by molar-refractivity contribution is 5.69. The van der Waals surface area contributed by atoms with E-state index in [1.807, 2.05) is 11.9 Å². The van der Waals surface area contributed by atoms with E-state index in [4.69, 9.17) is 0 Å². The quantitative estimate of drug-likeness (QED) is 0.650. The fourth-order valence-corrected chi connectivity index (χ4v) is 2.17. The molecule has 0 saturated heterocycles. The minimum atomic E-state index is -0.448. The summed E-state index contributed by atoms with van der Waals surface area (Å²) in [4.78, 5) is 28.6. The van der Waals surface area contributed by atoms with Crippen molar-refractivity contribution in [2.45, 2.75) is 33.6 Å². The molecule has 0 amide bonds. The molecule has 0 saturated carbocycles. The summed E-state index contributed by atoms with van der Waals surface area (Å²) in [6.45, 7) is 6.32. The van der Waals surface area contributed by atoms with Gasteiger partial charge in [-0.2, -0.15) is 0 Å². The summed E-state index contributed by atoms with van der Waals surface area (Å²) < 4.78 is 0. The Kier molecular flexibility index (Phi) is 4.69. The number of imidazole rings is 1. The number of aryl methyl sites for hydroxylation is 2. The van der Waals surface area contributed by atoms with Gasteiger partial charge in [0.25, 0.3) is 0 Å². The third-order valence-corrected chi connectivity index (χ3v) is 3.38. The van der Waals surface area contributed by atoms with Crippen LogP contribution in [0.2, 0.25) is 0 Å². The average molecular weight is 304 g/mol. The molecule has 0 aliphatic heterocycles. The highest BCUT2D eigenvalue weighted by atomic mass is 16.6. The summed E-state index contributed by atoms with van der Waals surface area (Å²) >= 11 is 0. The molecule has 0 aromatic carbocycles. The molecule has 2 aromatic rings. The van der Waals surface area contributed by atoms with E-state index < -0.39 is 4.92 Å². The van der Waals surface area contributed by atoms with E-state index in [1.165, 1.54) is 0 Å². The van der Waals surface area contributed by atoms with Gasteiger partial charge in [0.15, 0.2) is 5.69 Å². The largest absolute Gasteiger partial charge is 0.344 e. The highest BCUT2D eigenvalue weighted by Crippen LogP contribution is 2.30. The molecular weight excluding hydrogens is 284 g/mol. The zero-order chi connectivity index (χ0) is 16.3. The van der Waals surface area contributed by atoms with Crippen LogP contribution in [0.3, 0.4) is 0 Å². The Labute approximate surface area is 128 Å². The standard InChI is InChI=1S/C14H20N6O2/c1-5-6-7-19(4)14-16-9(2)13(20(21)22)12(18-14)11-8-15-10(3)17-11/h8H,5-7H2,1-4H3,(H,15,17). The predicted molar refractivity (Wildman–Crippen MR) is 83.9 cm³/mol. The van der Waals surface area contributed by atoms with E-state index in [1.54, 1.807) is 20.0 Å². The number of unbranched alkanes of at least 4 members (excludes halogenated alkanes) is 1. The van der Waals surface area contributed by atoms with Crippen LogP contribution >= 0.6 is 0 Å². The van der Waals surface area contributed by atoms with Gasteiger partial charge < -0.3 is 9.88 Å². The molecule has 0 aliphatic carbocycles. The van der Waals surface area contributed by atoms with Crippen LogP contribution in [0.4, 0.5) is 11.6 Å². The minimum Gasteiger partial charge on any atom is -0.344 e. The fraction of sp³-hybridized carbons (Fsp3) is 0.500. The fourth-order valence-electron chi connectivity index (χ4n) is 2.17. The number of nitro groups is 1. The second kappa shape index (κ2) is 6.50. The van der Waals surface area contributed by atoms with Crippen LogP contribution in [0.5, 0.6) is 0 Å². The first-order valence-electron chi connectivity index (χ1n) is 7.20. The maximum Gasteiger partial charge on any atom is 0.318 e. The van der Waals surface area contributed by atoms with E-state index >= 15 is 0 Å². The average Bonchev–Trinajstić information content (AvgIpc) is 2.89. The van der Waals surface area contributed by atoms with Crippen LogP contribution in [-0.2, 0) is 0 Å². The molecule has 8 nitrogen and oxygen atoms in total. The van der Waals surface area contributed by atoms with Gasteiger partial charge in [0.05, 0.1) is 16.8 Å². The predicted octanol–water partition coefficient (Wildman–Crippen LogP) is 2.63. The maximum absolute atomic E-state index is 11.4. The van der Waals surface area contributed by atoms with Gasteiger partial charge in [-0.05, 0) is 20.3 Å². The number of nitrogens with one attached hydrogen (secondary N) is 1. The van der Waals surface area contributed by atoms with Crippen LogP contribution in [0.15, 0.2) is 6.20 Å². The van der Waals surface area contributed by atoms with Crippen molar-refractivity contribution < 1.29 is 4.92 Å². The number of hydrogen-bond donors (Lipinski definition) is 1. The number of nitrogens with zero attached hydrogens (tertiary/aromatic N) is 5. The highest BCUT2D eigenvalue weighted by Gasteiger charge is 2.25. The summed E-state index contributed by atoms with van der Waals surface area (Å²) in [6, 6.07) is 0. The lowest BCUT2D eigenvalue weighted by Gasteiger charge is -2.17. The zero-order valence-corrected chi connectivity index (χ0v) is 13.3. The van der Waals surface area contributed by atoms with Crippen LogP contribution in [0.25, 0.3) is 11.4 Å². The molecule has 0 radical (unpaired) electrons. The van der Waals surface area contributed by atoms with Gasteiger partial charge in [-0.3, -0.25) is 10.1 Å². The molecule has 8 heteroatoms. The summed E-state index contributed by atoms with van der Waals surface area (Å²) in [6.07, 6.45) is 3.62. The second-order valence-electron chi connectivity index (χ2n) is 5.22. The molecule has 22 heavy (non-hydrogen) atoms. The number of H-pyrrole nitrogens is 1. The van der Waals surface area contributed by atoms with Crippen LogP contribution in [0.1, 0.15) is 31.3 Å². The monoisotopic (exact) mass is 304 g/mol. The molecule has 0 spiro atoms. The smallest absolute Gasteiger partial charge is 0.318 e. The van der Waals surface area contributed by atoms with E-state index in [9.17, 15) is 10.1 Å². The number of rotatable bonds is 6. The third-order valence-electron chi connectivity index (χ3n) is 3.38. The number of aromatic nitrogens is 4. The lowest BCUT2D eigenvalue weighted by atomic mass is 10.2. The van der Waals surface area contributed by atoms with Crippen LogP contribution < -0.4 is 4.90 Å². The van der Waals surface area contributed by atoms with Crippen molar-refractivity contribution in [3.8, 4) is 11.4 Å². The number of hydrogen-bond acceptors (Lipinski definition) is 6. The molecule has 0 atom stereocenters. The molecule has 0 aliphatic rings. The maximum atomic E-state index is 11.4. The van der Waals surface area contributed by atoms with Gasteiger partial charge in [-0.15, -0.1) is 0 Å². The summed E-state index contributed by atoms with van der Waals surface area (Å²) in [5.74, 6) is 1.17. The molecule has 0 bridgehead atoms. The Hall–Kier alpha value is -2.51.